The zero-order chi connectivity index (χ0) is 21.9. The van der Waals surface area contributed by atoms with E-state index in [9.17, 15) is 27.5 Å². The number of carboxylic acid groups (broad SMARTS) is 1. The molecule has 4 aromatic rings. The van der Waals surface area contributed by atoms with Crippen molar-refractivity contribution in [3.63, 3.8) is 0 Å². The first-order valence-electron chi connectivity index (χ1n) is 8.82. The van der Waals surface area contributed by atoms with Gasteiger partial charge in [0.25, 0.3) is 15.6 Å². The lowest BCUT2D eigenvalue weighted by molar-refractivity contribution is -0.305. The fraction of sp³-hybridized carbons (Fsp3) is 0.100. The van der Waals surface area contributed by atoms with Crippen LogP contribution in [0.3, 0.4) is 0 Å². The van der Waals surface area contributed by atoms with Crippen LogP contribution in [0.5, 0.6) is 0 Å². The highest BCUT2D eigenvalue weighted by molar-refractivity contribution is 7.92. The number of sulfonamides is 1. The molecule has 0 aliphatic heterocycles. The van der Waals surface area contributed by atoms with Gasteiger partial charge in [-0.3, -0.25) is 9.52 Å². The Hall–Kier alpha value is -3.66. The van der Waals surface area contributed by atoms with Crippen LogP contribution in [0, 0.1) is 5.82 Å². The van der Waals surface area contributed by atoms with Gasteiger partial charge in [0.1, 0.15) is 11.3 Å². The van der Waals surface area contributed by atoms with Crippen LogP contribution in [0.4, 0.5) is 10.1 Å². The van der Waals surface area contributed by atoms with E-state index in [1.54, 1.807) is 24.4 Å². The third-order valence-electron chi connectivity index (χ3n) is 4.18. The molecule has 0 saturated carbocycles. The number of benzene rings is 2. The molecule has 0 saturated heterocycles. The fourth-order valence-corrected chi connectivity index (χ4v) is 3.83. The molecule has 0 atom stereocenters. The smallest absolute Gasteiger partial charge is 0.272 e. The lowest BCUT2D eigenvalue weighted by Gasteiger charge is -2.09. The second-order valence-corrected chi connectivity index (χ2v) is 7.95. The number of halogens is 1. The van der Waals surface area contributed by atoms with E-state index >= 15 is 0 Å². The quantitative estimate of drug-likeness (QED) is 0.456. The molecule has 10 heteroatoms. The van der Waals surface area contributed by atoms with Crippen LogP contribution in [0.15, 0.2) is 64.4 Å². The third kappa shape index (κ3) is 4.49. The molecule has 156 valence electrons. The van der Waals surface area contributed by atoms with E-state index in [0.29, 0.717) is 27.5 Å². The monoisotopic (exact) mass is 430 g/mol. The molecular formula is C20H17FN3O5S-. The molecule has 0 amide bonds. The van der Waals surface area contributed by atoms with Gasteiger partial charge in [0.05, 0.1) is 4.90 Å². The predicted molar refractivity (Wildman–Crippen MR) is 109 cm³/mol. The second-order valence-electron chi connectivity index (χ2n) is 6.27. The molecule has 3 N–H and O–H groups in total. The Morgan fingerprint density at radius 3 is 2.53 bits per heavy atom. The van der Waals surface area contributed by atoms with Crippen molar-refractivity contribution in [2.45, 2.75) is 18.2 Å². The molecule has 0 aliphatic rings. The summed E-state index contributed by atoms with van der Waals surface area (Å²) >= 11 is 0. The van der Waals surface area contributed by atoms with Crippen LogP contribution in [0.25, 0.3) is 21.8 Å². The van der Waals surface area contributed by atoms with Crippen molar-refractivity contribution in [3.05, 3.63) is 70.9 Å². The van der Waals surface area contributed by atoms with Gasteiger partial charge in [-0.1, -0.05) is 13.0 Å². The van der Waals surface area contributed by atoms with Gasteiger partial charge in [0.2, 0.25) is 0 Å². The van der Waals surface area contributed by atoms with Gasteiger partial charge < -0.3 is 19.9 Å². The molecule has 0 bridgehead atoms. The molecule has 2 aromatic carbocycles. The van der Waals surface area contributed by atoms with Gasteiger partial charge in [-0.05, 0) is 48.9 Å². The summed E-state index contributed by atoms with van der Waals surface area (Å²) in [5.41, 5.74) is 1.07. The number of aliphatic carboxylic acids is 1. The van der Waals surface area contributed by atoms with Crippen molar-refractivity contribution in [1.29, 1.82) is 0 Å². The molecule has 2 heterocycles. The van der Waals surface area contributed by atoms with Crippen LogP contribution in [0.1, 0.15) is 13.3 Å². The summed E-state index contributed by atoms with van der Waals surface area (Å²) in [4.78, 5) is 26.6. The number of aromatic nitrogens is 2. The minimum absolute atomic E-state index is 0.111. The van der Waals surface area contributed by atoms with Gasteiger partial charge in [0, 0.05) is 34.1 Å². The average Bonchev–Trinajstić information content (AvgIpc) is 3.20. The fourth-order valence-electron chi connectivity index (χ4n) is 2.75. The number of carbonyl (C=O) groups is 1. The molecule has 0 unspecified atom stereocenters. The van der Waals surface area contributed by atoms with E-state index in [1.165, 1.54) is 31.2 Å². The van der Waals surface area contributed by atoms with Crippen LogP contribution < -0.4 is 15.4 Å². The Morgan fingerprint density at radius 2 is 1.87 bits per heavy atom. The first-order chi connectivity index (χ1) is 14.2. The number of fused-ring (bicyclic) bond motifs is 3. The summed E-state index contributed by atoms with van der Waals surface area (Å²) in [5.74, 6) is -1.63. The van der Waals surface area contributed by atoms with Crippen molar-refractivity contribution in [2.75, 3.05) is 4.72 Å². The maximum atomic E-state index is 13.3. The SMILES string of the molecule is CCC(=O)[O-].O=c1[nH]c2ccc(NS(=O)(=O)c3cccc(F)c3)cc2c2cc[nH]c12. The molecule has 0 fully saturated rings. The van der Waals surface area contributed by atoms with Gasteiger partial charge in [-0.25, -0.2) is 12.8 Å². The van der Waals surface area contributed by atoms with E-state index in [-0.39, 0.29) is 16.9 Å². The number of pyridine rings is 1. The number of H-pyrrole nitrogens is 2. The van der Waals surface area contributed by atoms with Crippen molar-refractivity contribution in [3.8, 4) is 0 Å². The molecular weight excluding hydrogens is 413 g/mol. The van der Waals surface area contributed by atoms with Crippen molar-refractivity contribution in [1.82, 2.24) is 9.97 Å². The molecule has 30 heavy (non-hydrogen) atoms. The maximum Gasteiger partial charge on any atom is 0.272 e. The van der Waals surface area contributed by atoms with Crippen molar-refractivity contribution < 1.29 is 22.7 Å². The molecule has 2 aromatic heterocycles. The minimum Gasteiger partial charge on any atom is -0.550 e. The Kier molecular flexibility index (Phi) is 5.88. The van der Waals surface area contributed by atoms with Gasteiger partial charge >= 0.3 is 0 Å². The lowest BCUT2D eigenvalue weighted by Crippen LogP contribution is -2.19. The number of hydrogen-bond donors (Lipinski definition) is 3. The maximum absolute atomic E-state index is 13.3. The Balaban J connectivity index is 0.000000461. The minimum atomic E-state index is -3.92. The highest BCUT2D eigenvalue weighted by Crippen LogP contribution is 2.25. The Labute approximate surface area is 170 Å². The van der Waals surface area contributed by atoms with Crippen molar-refractivity contribution in [2.24, 2.45) is 0 Å². The summed E-state index contributed by atoms with van der Waals surface area (Å²) in [6.45, 7) is 1.54. The molecule has 0 spiro atoms. The second kappa shape index (κ2) is 8.37. The number of hydrogen-bond acceptors (Lipinski definition) is 5. The number of rotatable bonds is 4. The van der Waals surface area contributed by atoms with E-state index in [1.807, 2.05) is 0 Å². The lowest BCUT2D eigenvalue weighted by atomic mass is 10.1. The number of carbonyl (C=O) groups excluding carboxylic acids is 1. The largest absolute Gasteiger partial charge is 0.550 e. The van der Waals surface area contributed by atoms with E-state index in [2.05, 4.69) is 14.7 Å². The highest BCUT2D eigenvalue weighted by atomic mass is 32.2. The summed E-state index contributed by atoms with van der Waals surface area (Å²) in [6, 6.07) is 11.3. The number of nitrogens with one attached hydrogen (secondary N) is 3. The summed E-state index contributed by atoms with van der Waals surface area (Å²) in [6.07, 6.45) is 1.75. The van der Waals surface area contributed by atoms with Gasteiger partial charge in [0.15, 0.2) is 0 Å². The molecule has 4 rings (SSSR count). The van der Waals surface area contributed by atoms with Crippen LogP contribution >= 0.6 is 0 Å². The zero-order valence-electron chi connectivity index (χ0n) is 15.7. The Morgan fingerprint density at radius 1 is 1.13 bits per heavy atom. The number of anilines is 1. The van der Waals surface area contributed by atoms with Crippen molar-refractivity contribution >= 4 is 43.5 Å². The van der Waals surface area contributed by atoms with E-state index in [0.717, 1.165) is 6.07 Å². The zero-order valence-corrected chi connectivity index (χ0v) is 16.5. The summed E-state index contributed by atoms with van der Waals surface area (Å²) < 4.78 is 40.6. The highest BCUT2D eigenvalue weighted by Gasteiger charge is 2.15. The summed E-state index contributed by atoms with van der Waals surface area (Å²) in [5, 5.41) is 10.6. The standard InChI is InChI=1S/C17H12FN3O3S.C3H6O2/c18-10-2-1-3-12(8-10)25(23,24)21-11-4-5-15-14(9-11)13-6-7-19-16(13)17(22)20-15;1-2-3(4)5/h1-9,19,21H,(H,20,22);2H2,1H3,(H,4,5)/p-1. The topological polar surface area (TPSA) is 135 Å². The summed E-state index contributed by atoms with van der Waals surface area (Å²) in [7, 11) is -3.92. The third-order valence-corrected chi connectivity index (χ3v) is 5.56. The molecule has 0 aliphatic carbocycles. The molecule has 0 radical (unpaired) electrons. The van der Waals surface area contributed by atoms with Gasteiger partial charge in [-0.2, -0.15) is 0 Å². The van der Waals surface area contributed by atoms with Gasteiger partial charge in [-0.15, -0.1) is 0 Å². The normalized spacial score (nSPS) is 11.1. The van der Waals surface area contributed by atoms with E-state index in [4.69, 9.17) is 0 Å². The first-order valence-corrected chi connectivity index (χ1v) is 10.3. The first kappa shape index (κ1) is 21.1. The average molecular weight is 430 g/mol. The number of carboxylic acids is 1. The Bertz CT molecular complexity index is 1390. The van der Waals surface area contributed by atoms with Crippen LogP contribution in [0.2, 0.25) is 0 Å². The van der Waals surface area contributed by atoms with E-state index < -0.39 is 21.8 Å². The van der Waals surface area contributed by atoms with Crippen LogP contribution in [-0.2, 0) is 14.8 Å². The number of aromatic amines is 2. The molecule has 8 nitrogen and oxygen atoms in total. The van der Waals surface area contributed by atoms with Crippen LogP contribution in [-0.4, -0.2) is 24.4 Å². The predicted octanol–water partition coefficient (Wildman–Crippen LogP) is 2.10.